The Labute approximate surface area is 118 Å². The first-order valence-electron chi connectivity index (χ1n) is 5.45. The SMILES string of the molecule is NC(=O)NN=Cc1ccc(-c2ccc(Br)cn2)cc1. The van der Waals surface area contributed by atoms with Gasteiger partial charge >= 0.3 is 6.03 Å². The van der Waals surface area contributed by atoms with Gasteiger partial charge in [0, 0.05) is 16.2 Å². The van der Waals surface area contributed by atoms with Gasteiger partial charge in [0.15, 0.2) is 0 Å². The van der Waals surface area contributed by atoms with Crippen LogP contribution in [0.15, 0.2) is 52.2 Å². The summed E-state index contributed by atoms with van der Waals surface area (Å²) < 4.78 is 0.942. The lowest BCUT2D eigenvalue weighted by atomic mass is 10.1. The number of benzene rings is 1. The number of hydrazone groups is 1. The van der Waals surface area contributed by atoms with E-state index < -0.39 is 6.03 Å². The minimum absolute atomic E-state index is 0.688. The van der Waals surface area contributed by atoms with Crippen molar-refractivity contribution in [2.45, 2.75) is 0 Å². The summed E-state index contributed by atoms with van der Waals surface area (Å²) in [5.41, 5.74) is 9.78. The third-order valence-corrected chi connectivity index (χ3v) is 2.79. The Morgan fingerprint density at radius 3 is 2.58 bits per heavy atom. The number of amides is 2. The van der Waals surface area contributed by atoms with Crippen molar-refractivity contribution in [1.82, 2.24) is 10.4 Å². The van der Waals surface area contributed by atoms with Crippen LogP contribution in [0.1, 0.15) is 5.56 Å². The van der Waals surface area contributed by atoms with Crippen molar-refractivity contribution in [2.24, 2.45) is 10.8 Å². The molecule has 0 bridgehead atoms. The lowest BCUT2D eigenvalue weighted by Gasteiger charge is -2.01. The number of rotatable bonds is 3. The number of carbonyl (C=O) groups excluding carboxylic acids is 1. The van der Waals surface area contributed by atoms with Crippen molar-refractivity contribution in [3.05, 3.63) is 52.6 Å². The number of nitrogens with one attached hydrogen (secondary N) is 1. The van der Waals surface area contributed by atoms with Crippen LogP contribution >= 0.6 is 15.9 Å². The Bertz CT molecular complexity index is 593. The fourth-order valence-corrected chi connectivity index (χ4v) is 1.69. The van der Waals surface area contributed by atoms with Crippen molar-refractivity contribution in [1.29, 1.82) is 0 Å². The van der Waals surface area contributed by atoms with E-state index in [4.69, 9.17) is 5.73 Å². The standard InChI is InChI=1S/C13H11BrN4O/c14-11-5-6-12(16-8-11)10-3-1-9(2-4-10)7-17-18-13(15)19/h1-8H,(H3,15,18,19). The molecular weight excluding hydrogens is 308 g/mol. The summed E-state index contributed by atoms with van der Waals surface area (Å²) >= 11 is 3.35. The minimum atomic E-state index is -0.688. The number of urea groups is 1. The molecule has 96 valence electrons. The molecule has 0 atom stereocenters. The van der Waals surface area contributed by atoms with Crippen LogP contribution in [0, 0.1) is 0 Å². The molecule has 0 radical (unpaired) electrons. The molecule has 0 saturated heterocycles. The number of pyridine rings is 1. The zero-order valence-electron chi connectivity index (χ0n) is 9.88. The number of primary amides is 1. The number of hydrogen-bond acceptors (Lipinski definition) is 3. The lowest BCUT2D eigenvalue weighted by molar-refractivity contribution is 0.249. The van der Waals surface area contributed by atoms with Gasteiger partial charge in [-0.25, -0.2) is 10.2 Å². The third-order valence-electron chi connectivity index (χ3n) is 2.32. The van der Waals surface area contributed by atoms with Gasteiger partial charge < -0.3 is 5.73 Å². The van der Waals surface area contributed by atoms with Crippen LogP contribution in [-0.2, 0) is 0 Å². The summed E-state index contributed by atoms with van der Waals surface area (Å²) in [6.07, 6.45) is 3.27. The maximum atomic E-state index is 10.4. The normalized spacial score (nSPS) is 10.6. The molecule has 0 fully saturated rings. The first-order chi connectivity index (χ1) is 9.15. The van der Waals surface area contributed by atoms with Gasteiger partial charge in [-0.1, -0.05) is 24.3 Å². The lowest BCUT2D eigenvalue weighted by Crippen LogP contribution is -2.24. The molecule has 5 nitrogen and oxygen atoms in total. The summed E-state index contributed by atoms with van der Waals surface area (Å²) in [6, 6.07) is 10.8. The molecule has 1 aromatic carbocycles. The number of nitrogens with two attached hydrogens (primary N) is 1. The molecule has 19 heavy (non-hydrogen) atoms. The first kappa shape index (κ1) is 13.2. The molecule has 0 aliphatic rings. The van der Waals surface area contributed by atoms with E-state index in [1.54, 1.807) is 6.20 Å². The molecule has 1 heterocycles. The Kier molecular flexibility index (Phi) is 4.25. The summed E-state index contributed by atoms with van der Waals surface area (Å²) in [5, 5.41) is 3.68. The van der Waals surface area contributed by atoms with Gasteiger partial charge in [-0.15, -0.1) is 0 Å². The molecule has 0 aliphatic carbocycles. The number of aromatic nitrogens is 1. The summed E-state index contributed by atoms with van der Waals surface area (Å²) in [4.78, 5) is 14.8. The van der Waals surface area contributed by atoms with Crippen LogP contribution in [0.2, 0.25) is 0 Å². The Balaban J connectivity index is 2.12. The average molecular weight is 319 g/mol. The quantitative estimate of drug-likeness (QED) is 0.673. The second-order valence-corrected chi connectivity index (χ2v) is 4.63. The highest BCUT2D eigenvalue weighted by Gasteiger charge is 1.98. The zero-order chi connectivity index (χ0) is 13.7. The molecule has 3 N–H and O–H groups in total. The van der Waals surface area contributed by atoms with Gasteiger partial charge in [-0.3, -0.25) is 4.98 Å². The highest BCUT2D eigenvalue weighted by Crippen LogP contribution is 2.18. The smallest absolute Gasteiger partial charge is 0.332 e. The summed E-state index contributed by atoms with van der Waals surface area (Å²) in [6.45, 7) is 0. The predicted octanol–water partition coefficient (Wildman–Crippen LogP) is 2.51. The molecule has 2 rings (SSSR count). The fraction of sp³-hybridized carbons (Fsp3) is 0. The van der Waals surface area contributed by atoms with Gasteiger partial charge in [-0.05, 0) is 33.6 Å². The molecular formula is C13H11BrN4O. The molecule has 0 spiro atoms. The Morgan fingerprint density at radius 2 is 2.00 bits per heavy atom. The number of carbonyl (C=O) groups is 1. The molecule has 6 heteroatoms. The van der Waals surface area contributed by atoms with Crippen molar-refractivity contribution >= 4 is 28.2 Å². The number of halogens is 1. The molecule has 2 amide bonds. The number of nitrogens with zero attached hydrogens (tertiary/aromatic N) is 2. The fourth-order valence-electron chi connectivity index (χ4n) is 1.46. The first-order valence-corrected chi connectivity index (χ1v) is 6.25. The maximum Gasteiger partial charge on any atom is 0.332 e. The second kappa shape index (κ2) is 6.10. The van der Waals surface area contributed by atoms with E-state index >= 15 is 0 Å². The third kappa shape index (κ3) is 3.89. The van der Waals surface area contributed by atoms with Crippen LogP contribution < -0.4 is 11.2 Å². The van der Waals surface area contributed by atoms with Gasteiger partial charge in [0.1, 0.15) is 0 Å². The van der Waals surface area contributed by atoms with Crippen LogP contribution in [0.25, 0.3) is 11.3 Å². The largest absolute Gasteiger partial charge is 0.350 e. The predicted molar refractivity (Wildman–Crippen MR) is 77.7 cm³/mol. The average Bonchev–Trinajstić information content (AvgIpc) is 2.40. The van der Waals surface area contributed by atoms with E-state index in [2.05, 4.69) is 31.4 Å². The van der Waals surface area contributed by atoms with Crippen molar-refractivity contribution < 1.29 is 4.79 Å². The Morgan fingerprint density at radius 1 is 1.26 bits per heavy atom. The molecule has 1 aromatic heterocycles. The van der Waals surface area contributed by atoms with Crippen LogP contribution in [0.3, 0.4) is 0 Å². The summed E-state index contributed by atoms with van der Waals surface area (Å²) in [7, 11) is 0. The van der Waals surface area contributed by atoms with Gasteiger partial charge in [-0.2, -0.15) is 5.10 Å². The van der Waals surface area contributed by atoms with Crippen molar-refractivity contribution in [3.8, 4) is 11.3 Å². The van der Waals surface area contributed by atoms with E-state index in [1.807, 2.05) is 36.4 Å². The van der Waals surface area contributed by atoms with Gasteiger partial charge in [0.2, 0.25) is 0 Å². The zero-order valence-corrected chi connectivity index (χ0v) is 11.5. The van der Waals surface area contributed by atoms with Crippen LogP contribution in [0.5, 0.6) is 0 Å². The molecule has 0 saturated carbocycles. The monoisotopic (exact) mass is 318 g/mol. The molecule has 0 aliphatic heterocycles. The number of hydrogen-bond donors (Lipinski definition) is 2. The van der Waals surface area contributed by atoms with E-state index in [9.17, 15) is 4.79 Å². The van der Waals surface area contributed by atoms with E-state index in [1.165, 1.54) is 6.21 Å². The van der Waals surface area contributed by atoms with Crippen LogP contribution in [-0.4, -0.2) is 17.2 Å². The minimum Gasteiger partial charge on any atom is -0.350 e. The van der Waals surface area contributed by atoms with Crippen molar-refractivity contribution in [3.63, 3.8) is 0 Å². The van der Waals surface area contributed by atoms with E-state index in [-0.39, 0.29) is 0 Å². The van der Waals surface area contributed by atoms with Gasteiger partial charge in [0.25, 0.3) is 0 Å². The maximum absolute atomic E-state index is 10.4. The van der Waals surface area contributed by atoms with Gasteiger partial charge in [0.05, 0.1) is 11.9 Å². The van der Waals surface area contributed by atoms with Crippen molar-refractivity contribution in [2.75, 3.05) is 0 Å². The second-order valence-electron chi connectivity index (χ2n) is 3.72. The Hall–Kier alpha value is -2.21. The molecule has 2 aromatic rings. The van der Waals surface area contributed by atoms with E-state index in [0.29, 0.717) is 0 Å². The summed E-state index contributed by atoms with van der Waals surface area (Å²) in [5.74, 6) is 0. The van der Waals surface area contributed by atoms with E-state index in [0.717, 1.165) is 21.3 Å². The highest BCUT2D eigenvalue weighted by molar-refractivity contribution is 9.10. The highest BCUT2D eigenvalue weighted by atomic mass is 79.9. The topological polar surface area (TPSA) is 80.4 Å². The molecule has 0 unspecified atom stereocenters. The van der Waals surface area contributed by atoms with Crippen LogP contribution in [0.4, 0.5) is 4.79 Å².